The third-order valence-corrected chi connectivity index (χ3v) is 1.81. The fraction of sp³-hybridized carbons (Fsp3) is 0.200. The Morgan fingerprint density at radius 1 is 1.60 bits per heavy atom. The van der Waals surface area contributed by atoms with Crippen LogP contribution >= 0.6 is 0 Å². The van der Waals surface area contributed by atoms with E-state index in [-0.39, 0.29) is 18.5 Å². The maximum Gasteiger partial charge on any atom is 0.219 e. The van der Waals surface area contributed by atoms with Gasteiger partial charge in [-0.3, -0.25) is 4.79 Å². The molecule has 0 aliphatic rings. The second-order valence-corrected chi connectivity index (χ2v) is 2.92. The van der Waals surface area contributed by atoms with Crippen molar-refractivity contribution in [3.63, 3.8) is 0 Å². The first-order valence-corrected chi connectivity index (χ1v) is 4.36. The van der Waals surface area contributed by atoms with E-state index < -0.39 is 11.7 Å². The van der Waals surface area contributed by atoms with Crippen molar-refractivity contribution in [3.05, 3.63) is 29.6 Å². The molecule has 3 N–H and O–H groups in total. The standard InChI is InChI=1S/C10H10FN3O/c11-8-2-1-3-9(7(8)6-12)14-5-4-10(13)15/h1-3,14H,4-5H2,(H2,13,15). The van der Waals surface area contributed by atoms with Crippen molar-refractivity contribution in [2.75, 3.05) is 11.9 Å². The number of benzene rings is 1. The van der Waals surface area contributed by atoms with E-state index >= 15 is 0 Å². The van der Waals surface area contributed by atoms with Crippen molar-refractivity contribution in [1.82, 2.24) is 0 Å². The van der Waals surface area contributed by atoms with Crippen molar-refractivity contribution in [2.45, 2.75) is 6.42 Å². The summed E-state index contributed by atoms with van der Waals surface area (Å²) in [7, 11) is 0. The van der Waals surface area contributed by atoms with Crippen LogP contribution in [0.2, 0.25) is 0 Å². The second kappa shape index (κ2) is 4.96. The quantitative estimate of drug-likeness (QED) is 0.772. The van der Waals surface area contributed by atoms with Gasteiger partial charge in [-0.1, -0.05) is 6.07 Å². The first-order chi connectivity index (χ1) is 7.15. The van der Waals surface area contributed by atoms with E-state index in [1.54, 1.807) is 12.1 Å². The molecule has 5 heteroatoms. The highest BCUT2D eigenvalue weighted by atomic mass is 19.1. The molecule has 0 bridgehead atoms. The number of anilines is 1. The molecule has 1 amide bonds. The highest BCUT2D eigenvalue weighted by Crippen LogP contribution is 2.17. The van der Waals surface area contributed by atoms with Gasteiger partial charge in [0.05, 0.1) is 5.69 Å². The molecule has 1 aromatic rings. The van der Waals surface area contributed by atoms with E-state index in [2.05, 4.69) is 5.32 Å². The number of nitriles is 1. The molecule has 1 rings (SSSR count). The average Bonchev–Trinajstić information content (AvgIpc) is 2.17. The first kappa shape index (κ1) is 11.0. The van der Waals surface area contributed by atoms with Crippen LogP contribution in [-0.2, 0) is 4.79 Å². The molecule has 0 atom stereocenters. The molecule has 0 aromatic heterocycles. The monoisotopic (exact) mass is 207 g/mol. The van der Waals surface area contributed by atoms with Crippen LogP contribution in [0.25, 0.3) is 0 Å². The Morgan fingerprint density at radius 2 is 2.33 bits per heavy atom. The Kier molecular flexibility index (Phi) is 3.63. The zero-order chi connectivity index (χ0) is 11.3. The molecule has 0 heterocycles. The van der Waals surface area contributed by atoms with E-state index in [1.807, 2.05) is 0 Å². The summed E-state index contributed by atoms with van der Waals surface area (Å²) in [6.07, 6.45) is 0.140. The second-order valence-electron chi connectivity index (χ2n) is 2.92. The molecule has 4 nitrogen and oxygen atoms in total. The molecule has 0 spiro atoms. The Hall–Kier alpha value is -2.09. The van der Waals surface area contributed by atoms with E-state index in [0.717, 1.165) is 0 Å². The number of nitrogens with two attached hydrogens (primary N) is 1. The topological polar surface area (TPSA) is 78.9 Å². The molecule has 0 aliphatic heterocycles. The smallest absolute Gasteiger partial charge is 0.219 e. The Balaban J connectivity index is 2.73. The highest BCUT2D eigenvalue weighted by Gasteiger charge is 2.06. The van der Waals surface area contributed by atoms with Crippen molar-refractivity contribution in [2.24, 2.45) is 5.73 Å². The first-order valence-electron chi connectivity index (χ1n) is 4.36. The number of hydrogen-bond donors (Lipinski definition) is 2. The third kappa shape index (κ3) is 2.95. The van der Waals surface area contributed by atoms with Crippen LogP contribution in [0.15, 0.2) is 18.2 Å². The van der Waals surface area contributed by atoms with E-state index in [9.17, 15) is 9.18 Å². The van der Waals surface area contributed by atoms with E-state index in [0.29, 0.717) is 5.69 Å². The molecule has 1 aromatic carbocycles. The number of carbonyl (C=O) groups is 1. The van der Waals surface area contributed by atoms with Crippen molar-refractivity contribution in [1.29, 1.82) is 5.26 Å². The Bertz CT molecular complexity index is 412. The van der Waals surface area contributed by atoms with Gasteiger partial charge in [-0.05, 0) is 12.1 Å². The molecule has 0 aliphatic carbocycles. The van der Waals surface area contributed by atoms with Crippen molar-refractivity contribution in [3.8, 4) is 6.07 Å². The van der Waals surface area contributed by atoms with Crippen molar-refractivity contribution >= 4 is 11.6 Å². The van der Waals surface area contributed by atoms with E-state index in [1.165, 1.54) is 12.1 Å². The Labute approximate surface area is 86.5 Å². The van der Waals surface area contributed by atoms with Crippen LogP contribution < -0.4 is 11.1 Å². The summed E-state index contributed by atoms with van der Waals surface area (Å²) < 4.78 is 13.1. The van der Waals surface area contributed by atoms with Crippen LogP contribution in [-0.4, -0.2) is 12.5 Å². The summed E-state index contributed by atoms with van der Waals surface area (Å²) >= 11 is 0. The van der Waals surface area contributed by atoms with Gasteiger partial charge in [-0.25, -0.2) is 4.39 Å². The van der Waals surface area contributed by atoms with E-state index in [4.69, 9.17) is 11.0 Å². The number of nitrogens with one attached hydrogen (secondary N) is 1. The lowest BCUT2D eigenvalue weighted by Gasteiger charge is -2.06. The van der Waals surface area contributed by atoms with Gasteiger partial charge >= 0.3 is 0 Å². The number of halogens is 1. The fourth-order valence-corrected chi connectivity index (χ4v) is 1.11. The van der Waals surface area contributed by atoms with Gasteiger partial charge < -0.3 is 11.1 Å². The molecule has 0 unspecified atom stereocenters. The zero-order valence-electron chi connectivity index (χ0n) is 7.96. The molecule has 0 fully saturated rings. The Morgan fingerprint density at radius 3 is 2.93 bits per heavy atom. The summed E-state index contributed by atoms with van der Waals surface area (Å²) in [4.78, 5) is 10.5. The van der Waals surface area contributed by atoms with Gasteiger partial charge in [0.2, 0.25) is 5.91 Å². The lowest BCUT2D eigenvalue weighted by atomic mass is 10.2. The summed E-state index contributed by atoms with van der Waals surface area (Å²) in [5.41, 5.74) is 5.26. The SMILES string of the molecule is N#Cc1c(F)cccc1NCCC(N)=O. The normalized spacial score (nSPS) is 9.33. The molecule has 78 valence electrons. The van der Waals surface area contributed by atoms with Gasteiger partial charge in [0.25, 0.3) is 0 Å². The minimum Gasteiger partial charge on any atom is -0.383 e. The number of amides is 1. The largest absolute Gasteiger partial charge is 0.383 e. The maximum absolute atomic E-state index is 13.1. The molecule has 0 saturated heterocycles. The van der Waals surface area contributed by atoms with Gasteiger partial charge in [0, 0.05) is 13.0 Å². The third-order valence-electron chi connectivity index (χ3n) is 1.81. The molecular formula is C10H10FN3O. The van der Waals surface area contributed by atoms with Crippen molar-refractivity contribution < 1.29 is 9.18 Å². The number of rotatable bonds is 4. The average molecular weight is 207 g/mol. The summed E-state index contributed by atoms with van der Waals surface area (Å²) in [5.74, 6) is -1.03. The molecular weight excluding hydrogens is 197 g/mol. The minimum atomic E-state index is -0.582. The molecule has 15 heavy (non-hydrogen) atoms. The zero-order valence-corrected chi connectivity index (χ0v) is 7.96. The maximum atomic E-state index is 13.1. The number of nitrogens with zero attached hydrogens (tertiary/aromatic N) is 1. The van der Waals surface area contributed by atoms with Crippen LogP contribution in [0.3, 0.4) is 0 Å². The van der Waals surface area contributed by atoms with Crippen LogP contribution in [0.1, 0.15) is 12.0 Å². The van der Waals surface area contributed by atoms with Crippen LogP contribution in [0, 0.1) is 17.1 Å². The summed E-state index contributed by atoms with van der Waals surface area (Å²) in [5, 5.41) is 11.5. The predicted molar refractivity (Wildman–Crippen MR) is 53.4 cm³/mol. The fourth-order valence-electron chi connectivity index (χ4n) is 1.11. The van der Waals surface area contributed by atoms with Crippen LogP contribution in [0.5, 0.6) is 0 Å². The van der Waals surface area contributed by atoms with Gasteiger partial charge in [0.1, 0.15) is 17.4 Å². The predicted octanol–water partition coefficient (Wildman–Crippen LogP) is 0.985. The lowest BCUT2D eigenvalue weighted by Crippen LogP contribution is -2.16. The highest BCUT2D eigenvalue weighted by molar-refractivity contribution is 5.74. The van der Waals surface area contributed by atoms with Gasteiger partial charge in [0.15, 0.2) is 0 Å². The summed E-state index contributed by atoms with van der Waals surface area (Å²) in [6.45, 7) is 0.285. The van der Waals surface area contributed by atoms with Gasteiger partial charge in [-0.2, -0.15) is 5.26 Å². The number of primary amides is 1. The minimum absolute atomic E-state index is 0.0537. The molecule has 0 saturated carbocycles. The van der Waals surface area contributed by atoms with Gasteiger partial charge in [-0.15, -0.1) is 0 Å². The lowest BCUT2D eigenvalue weighted by molar-refractivity contribution is -0.117. The number of hydrogen-bond acceptors (Lipinski definition) is 3. The summed E-state index contributed by atoms with van der Waals surface area (Å²) in [6, 6.07) is 6.02. The molecule has 0 radical (unpaired) electrons. The van der Waals surface area contributed by atoms with Crippen LogP contribution in [0.4, 0.5) is 10.1 Å². The number of carbonyl (C=O) groups excluding carboxylic acids is 1.